The van der Waals surface area contributed by atoms with E-state index >= 15 is 0 Å². The van der Waals surface area contributed by atoms with E-state index in [-0.39, 0.29) is 35.8 Å². The first-order valence-electron chi connectivity index (χ1n) is 10.1. The molecule has 1 saturated heterocycles. The lowest BCUT2D eigenvalue weighted by Crippen LogP contribution is -2.40. The molecule has 3 rings (SSSR count). The standard InChI is InChI=1S/C22H31N5OS.HI/c1-16-8-10-29-20(16)13-26-22(24-2)25-12-17-5-3-6-18(11-17)14-27-9-4-7-19(15-27)21(23)28;/h3,5-6,8,10-11,19H,4,7,9,12-15H2,1-2H3,(H2,23,28)(H2,24,25,26);1H. The van der Waals surface area contributed by atoms with Crippen molar-refractivity contribution in [3.05, 3.63) is 57.3 Å². The molecule has 1 fully saturated rings. The van der Waals surface area contributed by atoms with E-state index in [9.17, 15) is 4.79 Å². The molecule has 164 valence electrons. The molecule has 1 aliphatic rings. The van der Waals surface area contributed by atoms with Gasteiger partial charge in [0.25, 0.3) is 0 Å². The third kappa shape index (κ3) is 7.24. The first-order valence-corrected chi connectivity index (χ1v) is 11.0. The van der Waals surface area contributed by atoms with Crippen LogP contribution in [0.1, 0.15) is 34.4 Å². The number of rotatable bonds is 7. The number of guanidine groups is 1. The normalized spacial score (nSPS) is 17.3. The van der Waals surface area contributed by atoms with Gasteiger partial charge in [-0.3, -0.25) is 14.7 Å². The second-order valence-corrected chi connectivity index (χ2v) is 8.60. The molecule has 2 heterocycles. The molecular formula is C22H32IN5OS. The fraction of sp³-hybridized carbons (Fsp3) is 0.455. The maximum absolute atomic E-state index is 11.5. The number of aryl methyl sites for hydroxylation is 1. The topological polar surface area (TPSA) is 82.8 Å². The first-order chi connectivity index (χ1) is 14.0. The quantitative estimate of drug-likeness (QED) is 0.286. The molecule has 1 amide bonds. The Hall–Kier alpha value is -1.65. The van der Waals surface area contributed by atoms with Crippen LogP contribution in [0.15, 0.2) is 40.7 Å². The predicted molar refractivity (Wildman–Crippen MR) is 135 cm³/mol. The van der Waals surface area contributed by atoms with E-state index < -0.39 is 0 Å². The summed E-state index contributed by atoms with van der Waals surface area (Å²) >= 11 is 1.76. The monoisotopic (exact) mass is 541 g/mol. The van der Waals surface area contributed by atoms with Gasteiger partial charge in [-0.25, -0.2) is 0 Å². The van der Waals surface area contributed by atoms with Crippen molar-refractivity contribution >= 4 is 47.2 Å². The van der Waals surface area contributed by atoms with Crippen molar-refractivity contribution in [3.8, 4) is 0 Å². The highest BCUT2D eigenvalue weighted by Gasteiger charge is 2.23. The zero-order valence-electron chi connectivity index (χ0n) is 17.7. The van der Waals surface area contributed by atoms with Crippen LogP contribution in [0.2, 0.25) is 0 Å². The summed E-state index contributed by atoms with van der Waals surface area (Å²) in [5.74, 6) is 0.600. The second kappa shape index (κ2) is 12.3. The molecule has 1 atom stereocenters. The smallest absolute Gasteiger partial charge is 0.221 e. The summed E-state index contributed by atoms with van der Waals surface area (Å²) in [4.78, 5) is 19.5. The van der Waals surface area contributed by atoms with E-state index in [0.29, 0.717) is 6.54 Å². The number of hydrogen-bond acceptors (Lipinski definition) is 4. The Morgan fingerprint density at radius 2 is 2.03 bits per heavy atom. The number of likely N-dealkylation sites (tertiary alicyclic amines) is 1. The minimum absolute atomic E-state index is 0. The molecule has 30 heavy (non-hydrogen) atoms. The SMILES string of the molecule is CN=C(NCc1cccc(CN2CCCC(C(N)=O)C2)c1)NCc1sccc1C.I. The first kappa shape index (κ1) is 24.6. The van der Waals surface area contributed by atoms with Crippen molar-refractivity contribution < 1.29 is 4.79 Å². The number of hydrogen-bond donors (Lipinski definition) is 3. The molecule has 8 heteroatoms. The molecular weight excluding hydrogens is 509 g/mol. The number of nitrogens with two attached hydrogens (primary N) is 1. The highest BCUT2D eigenvalue weighted by molar-refractivity contribution is 14.0. The Balaban J connectivity index is 0.00000320. The molecule has 0 aliphatic carbocycles. The summed E-state index contributed by atoms with van der Waals surface area (Å²) in [5, 5.41) is 8.88. The Morgan fingerprint density at radius 1 is 1.27 bits per heavy atom. The summed E-state index contributed by atoms with van der Waals surface area (Å²) in [6.07, 6.45) is 1.94. The van der Waals surface area contributed by atoms with E-state index in [0.717, 1.165) is 45.0 Å². The van der Waals surface area contributed by atoms with Crippen LogP contribution in [0, 0.1) is 12.8 Å². The van der Waals surface area contributed by atoms with Crippen LogP contribution in [0.3, 0.4) is 0 Å². The number of primary amides is 1. The minimum atomic E-state index is -0.177. The van der Waals surface area contributed by atoms with E-state index in [1.165, 1.54) is 21.6 Å². The number of amides is 1. The molecule has 0 radical (unpaired) electrons. The zero-order chi connectivity index (χ0) is 20.6. The van der Waals surface area contributed by atoms with Crippen LogP contribution in [-0.2, 0) is 24.4 Å². The molecule has 1 aromatic heterocycles. The van der Waals surface area contributed by atoms with Crippen LogP contribution in [0.25, 0.3) is 0 Å². The van der Waals surface area contributed by atoms with Crippen molar-refractivity contribution in [1.29, 1.82) is 0 Å². The van der Waals surface area contributed by atoms with E-state index in [1.54, 1.807) is 18.4 Å². The van der Waals surface area contributed by atoms with Gasteiger partial charge in [0.2, 0.25) is 5.91 Å². The number of aliphatic imine (C=N–C) groups is 1. The summed E-state index contributed by atoms with van der Waals surface area (Å²) in [7, 11) is 1.79. The van der Waals surface area contributed by atoms with Gasteiger partial charge < -0.3 is 16.4 Å². The molecule has 0 saturated carbocycles. The van der Waals surface area contributed by atoms with Gasteiger partial charge in [0.05, 0.1) is 12.5 Å². The number of benzene rings is 1. The van der Waals surface area contributed by atoms with Gasteiger partial charge in [0.1, 0.15) is 0 Å². The van der Waals surface area contributed by atoms with Crippen LogP contribution < -0.4 is 16.4 Å². The number of nitrogens with zero attached hydrogens (tertiary/aromatic N) is 2. The fourth-order valence-corrected chi connectivity index (χ4v) is 4.53. The van der Waals surface area contributed by atoms with Crippen molar-refractivity contribution in [2.24, 2.45) is 16.6 Å². The Kier molecular flexibility index (Phi) is 10.1. The van der Waals surface area contributed by atoms with Gasteiger partial charge in [-0.1, -0.05) is 24.3 Å². The molecule has 1 aliphatic heterocycles. The number of halogens is 1. The predicted octanol–water partition coefficient (Wildman–Crippen LogP) is 3.24. The fourth-order valence-electron chi connectivity index (χ4n) is 3.68. The average Bonchev–Trinajstić information content (AvgIpc) is 3.13. The van der Waals surface area contributed by atoms with Gasteiger partial charge in [-0.05, 0) is 54.4 Å². The summed E-state index contributed by atoms with van der Waals surface area (Å²) < 4.78 is 0. The highest BCUT2D eigenvalue weighted by atomic mass is 127. The number of thiophene rings is 1. The Bertz CT molecular complexity index is 854. The molecule has 1 unspecified atom stereocenters. The van der Waals surface area contributed by atoms with Crippen molar-refractivity contribution in [1.82, 2.24) is 15.5 Å². The Labute approximate surface area is 200 Å². The van der Waals surface area contributed by atoms with Crippen LogP contribution in [0.5, 0.6) is 0 Å². The van der Waals surface area contributed by atoms with E-state index in [1.807, 2.05) is 0 Å². The van der Waals surface area contributed by atoms with Crippen LogP contribution in [-0.4, -0.2) is 36.9 Å². The van der Waals surface area contributed by atoms with E-state index in [2.05, 4.69) is 63.2 Å². The van der Waals surface area contributed by atoms with Crippen molar-refractivity contribution in [2.75, 3.05) is 20.1 Å². The van der Waals surface area contributed by atoms with Crippen LogP contribution in [0.4, 0.5) is 0 Å². The molecule has 0 bridgehead atoms. The largest absolute Gasteiger partial charge is 0.369 e. The van der Waals surface area contributed by atoms with Gasteiger partial charge in [-0.15, -0.1) is 35.3 Å². The zero-order valence-corrected chi connectivity index (χ0v) is 20.8. The third-order valence-electron chi connectivity index (χ3n) is 5.37. The number of carbonyl (C=O) groups excluding carboxylic acids is 1. The molecule has 6 nitrogen and oxygen atoms in total. The maximum Gasteiger partial charge on any atom is 0.221 e. The third-order valence-corrected chi connectivity index (χ3v) is 6.40. The molecule has 2 aromatic rings. The van der Waals surface area contributed by atoms with Gasteiger partial charge >= 0.3 is 0 Å². The average molecular weight is 542 g/mol. The van der Waals surface area contributed by atoms with E-state index in [4.69, 9.17) is 5.73 Å². The minimum Gasteiger partial charge on any atom is -0.369 e. The van der Waals surface area contributed by atoms with Crippen molar-refractivity contribution in [2.45, 2.75) is 39.4 Å². The van der Waals surface area contributed by atoms with Gasteiger partial charge in [0.15, 0.2) is 5.96 Å². The number of carbonyl (C=O) groups is 1. The van der Waals surface area contributed by atoms with Gasteiger partial charge in [0, 0.05) is 31.6 Å². The number of piperidine rings is 1. The van der Waals surface area contributed by atoms with Crippen LogP contribution >= 0.6 is 35.3 Å². The highest BCUT2D eigenvalue weighted by Crippen LogP contribution is 2.19. The Morgan fingerprint density at radius 3 is 2.73 bits per heavy atom. The summed E-state index contributed by atoms with van der Waals surface area (Å²) in [5.41, 5.74) is 9.27. The van der Waals surface area contributed by atoms with Crippen molar-refractivity contribution in [3.63, 3.8) is 0 Å². The lowest BCUT2D eigenvalue weighted by Gasteiger charge is -2.31. The lowest BCUT2D eigenvalue weighted by atomic mass is 9.97. The van der Waals surface area contributed by atoms with Gasteiger partial charge in [-0.2, -0.15) is 0 Å². The second-order valence-electron chi connectivity index (χ2n) is 7.60. The molecule has 1 aromatic carbocycles. The summed E-state index contributed by atoms with van der Waals surface area (Å²) in [6.45, 7) is 6.24. The summed E-state index contributed by atoms with van der Waals surface area (Å²) in [6, 6.07) is 10.7. The number of nitrogens with one attached hydrogen (secondary N) is 2. The maximum atomic E-state index is 11.5. The lowest BCUT2D eigenvalue weighted by molar-refractivity contribution is -0.123. The molecule has 4 N–H and O–H groups in total. The molecule has 0 spiro atoms.